The molecule has 0 rings (SSSR count). The highest BCUT2D eigenvalue weighted by Gasteiger charge is 1.97. The number of rotatable bonds is 7. The molecule has 0 saturated carbocycles. The molecule has 0 aromatic rings. The van der Waals surface area contributed by atoms with E-state index >= 15 is 0 Å². The van der Waals surface area contributed by atoms with Gasteiger partial charge in [-0.3, -0.25) is 0 Å². The van der Waals surface area contributed by atoms with Crippen LogP contribution in [0.5, 0.6) is 0 Å². The fraction of sp³-hybridized carbons (Fsp3) is 0.800. The van der Waals surface area contributed by atoms with Crippen molar-refractivity contribution >= 4 is 15.9 Å². The molecular weight excluding hydrogens is 200 g/mol. The summed E-state index contributed by atoms with van der Waals surface area (Å²) < 4.78 is 0. The first-order chi connectivity index (χ1) is 5.31. The van der Waals surface area contributed by atoms with Gasteiger partial charge in [-0.15, -0.1) is 6.58 Å². The lowest BCUT2D eigenvalue weighted by molar-refractivity contribution is 0.537. The van der Waals surface area contributed by atoms with E-state index in [1.54, 1.807) is 0 Å². The molecule has 0 fully saturated rings. The zero-order valence-corrected chi connectivity index (χ0v) is 9.07. The lowest BCUT2D eigenvalue weighted by atomic mass is 10.0. The van der Waals surface area contributed by atoms with E-state index < -0.39 is 0 Å². The Morgan fingerprint density at radius 1 is 1.36 bits per heavy atom. The van der Waals surface area contributed by atoms with Crippen LogP contribution in [0.4, 0.5) is 0 Å². The summed E-state index contributed by atoms with van der Waals surface area (Å²) in [4.78, 5) is 0. The molecule has 0 nitrogen and oxygen atoms in total. The third-order valence-electron chi connectivity index (χ3n) is 1.87. The maximum absolute atomic E-state index is 3.70. The van der Waals surface area contributed by atoms with Crippen LogP contribution in [-0.4, -0.2) is 5.33 Å². The van der Waals surface area contributed by atoms with Crippen molar-refractivity contribution in [3.8, 4) is 0 Å². The van der Waals surface area contributed by atoms with Gasteiger partial charge in [0.2, 0.25) is 0 Å². The number of halogens is 1. The minimum atomic E-state index is 0.846. The zero-order chi connectivity index (χ0) is 8.53. The van der Waals surface area contributed by atoms with Crippen molar-refractivity contribution < 1.29 is 0 Å². The number of alkyl halides is 1. The third kappa shape index (κ3) is 8.12. The third-order valence-corrected chi connectivity index (χ3v) is 2.97. The van der Waals surface area contributed by atoms with Gasteiger partial charge in [-0.05, 0) is 25.2 Å². The molecule has 11 heavy (non-hydrogen) atoms. The molecular formula is C10H19Br. The smallest absolute Gasteiger partial charge is 0.00570 e. The summed E-state index contributed by atoms with van der Waals surface area (Å²) in [6.07, 6.45) is 8.61. The molecule has 0 amide bonds. The lowest BCUT2D eigenvalue weighted by Crippen LogP contribution is -1.94. The highest BCUT2D eigenvalue weighted by Crippen LogP contribution is 2.12. The van der Waals surface area contributed by atoms with Crippen LogP contribution >= 0.6 is 15.9 Å². The van der Waals surface area contributed by atoms with Gasteiger partial charge in [0.15, 0.2) is 0 Å². The number of unbranched alkanes of at least 4 members (excludes halogenated alkanes) is 3. The first-order valence-corrected chi connectivity index (χ1v) is 5.60. The van der Waals surface area contributed by atoms with E-state index in [1.165, 1.54) is 32.1 Å². The van der Waals surface area contributed by atoms with Gasteiger partial charge in [-0.1, -0.05) is 41.8 Å². The lowest BCUT2D eigenvalue weighted by Gasteiger charge is -2.05. The summed E-state index contributed by atoms with van der Waals surface area (Å²) in [6, 6.07) is 0. The van der Waals surface area contributed by atoms with Crippen LogP contribution in [0.2, 0.25) is 0 Å². The second kappa shape index (κ2) is 8.32. The van der Waals surface area contributed by atoms with Crippen LogP contribution in [0.1, 0.15) is 39.0 Å². The fourth-order valence-electron chi connectivity index (χ4n) is 1.04. The topological polar surface area (TPSA) is 0 Å². The molecule has 0 radical (unpaired) electrons. The fourth-order valence-corrected chi connectivity index (χ4v) is 1.36. The minimum Gasteiger partial charge on any atom is -0.103 e. The van der Waals surface area contributed by atoms with Crippen molar-refractivity contribution in [2.45, 2.75) is 39.0 Å². The molecule has 0 aliphatic carbocycles. The van der Waals surface area contributed by atoms with Crippen molar-refractivity contribution in [2.75, 3.05) is 5.33 Å². The second-order valence-corrected chi connectivity index (χ2v) is 3.83. The molecule has 0 aromatic carbocycles. The summed E-state index contributed by atoms with van der Waals surface area (Å²) in [6.45, 7) is 6.00. The maximum atomic E-state index is 3.70. The first-order valence-electron chi connectivity index (χ1n) is 4.48. The molecule has 1 atom stereocenters. The van der Waals surface area contributed by atoms with Gasteiger partial charge in [0.1, 0.15) is 0 Å². The average Bonchev–Trinajstić information content (AvgIpc) is 2.04. The Morgan fingerprint density at radius 3 is 2.64 bits per heavy atom. The summed E-state index contributed by atoms with van der Waals surface area (Å²) in [5.74, 6) is 0.846. The first kappa shape index (κ1) is 11.2. The monoisotopic (exact) mass is 218 g/mol. The van der Waals surface area contributed by atoms with Crippen LogP contribution in [-0.2, 0) is 0 Å². The Hall–Kier alpha value is 0.220. The number of hydrogen-bond donors (Lipinski definition) is 0. The quantitative estimate of drug-likeness (QED) is 0.342. The highest BCUT2D eigenvalue weighted by atomic mass is 79.9. The molecule has 0 heterocycles. The van der Waals surface area contributed by atoms with Crippen molar-refractivity contribution in [1.29, 1.82) is 0 Å². The van der Waals surface area contributed by atoms with E-state index in [9.17, 15) is 0 Å². The average molecular weight is 219 g/mol. The van der Waals surface area contributed by atoms with Crippen LogP contribution in [0.3, 0.4) is 0 Å². The molecule has 0 N–H and O–H groups in total. The van der Waals surface area contributed by atoms with Gasteiger partial charge in [0.05, 0.1) is 0 Å². The Bertz CT molecular complexity index is 88.9. The number of allylic oxidation sites excluding steroid dienone is 1. The van der Waals surface area contributed by atoms with E-state index in [1.807, 2.05) is 6.08 Å². The van der Waals surface area contributed by atoms with Crippen molar-refractivity contribution in [1.82, 2.24) is 0 Å². The predicted octanol–water partition coefficient (Wildman–Crippen LogP) is 4.15. The molecule has 66 valence electrons. The predicted molar refractivity (Wildman–Crippen MR) is 56.2 cm³/mol. The van der Waals surface area contributed by atoms with Crippen molar-refractivity contribution in [3.63, 3.8) is 0 Å². The summed E-state index contributed by atoms with van der Waals surface area (Å²) in [5.41, 5.74) is 0. The standard InChI is InChI=1S/C10H19Br/c1-3-4-5-6-7-8-10(2)9-11/h3,10H,1,4-9H2,2H3/t10-/m0/s1. The summed E-state index contributed by atoms with van der Waals surface area (Å²) in [5, 5.41) is 1.15. The van der Waals surface area contributed by atoms with E-state index in [0.717, 1.165) is 11.2 Å². The Labute approximate surface area is 79.2 Å². The van der Waals surface area contributed by atoms with Crippen LogP contribution < -0.4 is 0 Å². The second-order valence-electron chi connectivity index (χ2n) is 3.19. The molecule has 0 spiro atoms. The number of hydrogen-bond acceptors (Lipinski definition) is 0. The molecule has 0 aliphatic heterocycles. The van der Waals surface area contributed by atoms with E-state index in [4.69, 9.17) is 0 Å². The molecule has 0 saturated heterocycles. The van der Waals surface area contributed by atoms with Crippen LogP contribution in [0.25, 0.3) is 0 Å². The molecule has 0 aromatic heterocycles. The van der Waals surface area contributed by atoms with Gasteiger partial charge in [-0.2, -0.15) is 0 Å². The van der Waals surface area contributed by atoms with Gasteiger partial charge in [0.25, 0.3) is 0 Å². The minimum absolute atomic E-state index is 0.846. The SMILES string of the molecule is C=CCCCCC[C@H](C)CBr. The van der Waals surface area contributed by atoms with E-state index in [0.29, 0.717) is 0 Å². The zero-order valence-electron chi connectivity index (χ0n) is 7.48. The summed E-state index contributed by atoms with van der Waals surface area (Å²) in [7, 11) is 0. The molecule has 0 aliphatic rings. The Kier molecular flexibility index (Phi) is 8.48. The largest absolute Gasteiger partial charge is 0.103 e. The highest BCUT2D eigenvalue weighted by molar-refractivity contribution is 9.09. The van der Waals surface area contributed by atoms with Crippen molar-refractivity contribution in [3.05, 3.63) is 12.7 Å². The van der Waals surface area contributed by atoms with E-state index in [2.05, 4.69) is 29.4 Å². The summed E-state index contributed by atoms with van der Waals surface area (Å²) >= 11 is 3.48. The molecule has 0 bridgehead atoms. The van der Waals surface area contributed by atoms with Gasteiger partial charge >= 0.3 is 0 Å². The van der Waals surface area contributed by atoms with Crippen LogP contribution in [0, 0.1) is 5.92 Å². The van der Waals surface area contributed by atoms with Gasteiger partial charge < -0.3 is 0 Å². The van der Waals surface area contributed by atoms with Crippen molar-refractivity contribution in [2.24, 2.45) is 5.92 Å². The van der Waals surface area contributed by atoms with Crippen LogP contribution in [0.15, 0.2) is 12.7 Å². The van der Waals surface area contributed by atoms with Gasteiger partial charge in [-0.25, -0.2) is 0 Å². The Morgan fingerprint density at radius 2 is 2.09 bits per heavy atom. The molecule has 0 unspecified atom stereocenters. The molecule has 1 heteroatoms. The van der Waals surface area contributed by atoms with Gasteiger partial charge in [0, 0.05) is 5.33 Å². The maximum Gasteiger partial charge on any atom is 0.00570 e. The normalized spacial score (nSPS) is 12.9. The van der Waals surface area contributed by atoms with E-state index in [-0.39, 0.29) is 0 Å². The Balaban J connectivity index is 2.95.